The summed E-state index contributed by atoms with van der Waals surface area (Å²) in [4.78, 5) is 52.7. The van der Waals surface area contributed by atoms with Crippen LogP contribution in [0, 0.1) is 33.0 Å². The van der Waals surface area contributed by atoms with Crippen LogP contribution >= 0.6 is 0 Å². The Labute approximate surface area is 234 Å². The predicted molar refractivity (Wildman–Crippen MR) is 137 cm³/mol. The quantitative estimate of drug-likeness (QED) is 0.312. The first-order chi connectivity index (χ1) is 18.4. The third kappa shape index (κ3) is 2.49. The number of aliphatic hydroxyl groups is 1. The molecule has 0 aromatic rings. The van der Waals surface area contributed by atoms with Crippen molar-refractivity contribution in [2.45, 2.75) is 110 Å². The molecule has 0 amide bonds. The highest BCUT2D eigenvalue weighted by atomic mass is 16.6. The maximum Gasteiger partial charge on any atom is 0.316 e. The number of rotatable bonds is 3. The van der Waals surface area contributed by atoms with Gasteiger partial charge in [0.25, 0.3) is 0 Å². The summed E-state index contributed by atoms with van der Waals surface area (Å²) in [5.74, 6) is -2.29. The lowest BCUT2D eigenvalue weighted by Crippen LogP contribution is -2.76. The predicted octanol–water partition coefficient (Wildman–Crippen LogP) is 2.64. The molecule has 4 bridgehead atoms. The van der Waals surface area contributed by atoms with Gasteiger partial charge in [0.2, 0.25) is 0 Å². The van der Waals surface area contributed by atoms with Crippen LogP contribution in [0.3, 0.4) is 0 Å². The highest BCUT2D eigenvalue weighted by Crippen LogP contribution is 2.84. The molecule has 220 valence electrons. The average Bonchev–Trinajstić information content (AvgIpc) is 3.24. The summed E-state index contributed by atoms with van der Waals surface area (Å²) in [5.41, 5.74) is -7.71. The number of aliphatic hydroxyl groups excluding tert-OH is 1. The van der Waals surface area contributed by atoms with Crippen molar-refractivity contribution >= 4 is 23.9 Å². The number of fused-ring (bicyclic) bond motifs is 3. The van der Waals surface area contributed by atoms with Crippen LogP contribution in [0.15, 0.2) is 11.6 Å². The van der Waals surface area contributed by atoms with Crippen LogP contribution in [0.25, 0.3) is 0 Å². The number of carbonyl (C=O) groups excluding carboxylic acids is 4. The molecule has 0 spiro atoms. The van der Waals surface area contributed by atoms with Gasteiger partial charge in [0.05, 0.1) is 23.5 Å². The Bertz CT molecular complexity index is 1290. The summed E-state index contributed by atoms with van der Waals surface area (Å²) in [6.45, 7) is 13.9. The second kappa shape index (κ2) is 7.48. The van der Waals surface area contributed by atoms with Crippen molar-refractivity contribution in [1.82, 2.24) is 0 Å². The lowest BCUT2D eigenvalue weighted by Gasteiger charge is -2.69. The molecule has 0 aromatic carbocycles. The van der Waals surface area contributed by atoms with Gasteiger partial charge < -0.3 is 28.8 Å². The molecule has 0 unspecified atom stereocenters. The average molecular weight is 561 g/mol. The van der Waals surface area contributed by atoms with Gasteiger partial charge in [0.15, 0.2) is 0 Å². The van der Waals surface area contributed by atoms with E-state index in [-0.39, 0.29) is 24.3 Å². The summed E-state index contributed by atoms with van der Waals surface area (Å²) in [5, 5.41) is 12.3. The summed E-state index contributed by atoms with van der Waals surface area (Å²) in [6, 6.07) is 0. The number of ether oxygens (including phenoxy) is 5. The zero-order valence-corrected chi connectivity index (χ0v) is 24.7. The Hall–Kier alpha value is -2.46. The van der Waals surface area contributed by atoms with E-state index in [2.05, 4.69) is 0 Å². The highest BCUT2D eigenvalue weighted by Gasteiger charge is 2.94. The molecule has 2 heterocycles. The standard InChI is InChI=1S/C30H40O10/c1-14(31)37-18-10-11-29-17-13-26(6)28(8)21(38-15(2)32)27(7,40-26)20(33)30(28,23(35)36-9)25(17,5)12-16(39-22(29)34)19(29)24(18,3)4/h13,16,18-21,33H,10-12H2,1-9H3/t16-,18+,19-,20-,21+,25+,26-,27+,28-,29-,30-/m1/s1. The van der Waals surface area contributed by atoms with Crippen molar-refractivity contribution in [3.8, 4) is 0 Å². The maximum atomic E-state index is 14.3. The Kier molecular flexibility index (Phi) is 5.18. The minimum Gasteiger partial charge on any atom is -0.468 e. The zero-order chi connectivity index (χ0) is 29.6. The second-order valence-electron chi connectivity index (χ2n) is 14.2. The van der Waals surface area contributed by atoms with Gasteiger partial charge in [-0.1, -0.05) is 33.8 Å². The number of methoxy groups -OCH3 is 1. The van der Waals surface area contributed by atoms with Gasteiger partial charge in [-0.25, -0.2) is 0 Å². The van der Waals surface area contributed by atoms with Crippen molar-refractivity contribution in [3.63, 3.8) is 0 Å². The molecule has 40 heavy (non-hydrogen) atoms. The Morgan fingerprint density at radius 2 is 1.65 bits per heavy atom. The Balaban J connectivity index is 1.65. The fraction of sp³-hybridized carbons (Fsp3) is 0.800. The second-order valence-corrected chi connectivity index (χ2v) is 14.2. The topological polar surface area (TPSA) is 135 Å². The summed E-state index contributed by atoms with van der Waals surface area (Å²) in [7, 11) is 1.29. The van der Waals surface area contributed by atoms with E-state index in [1.807, 2.05) is 40.7 Å². The Morgan fingerprint density at radius 3 is 2.23 bits per heavy atom. The molecule has 5 fully saturated rings. The van der Waals surface area contributed by atoms with Gasteiger partial charge in [-0.3, -0.25) is 19.2 Å². The summed E-state index contributed by atoms with van der Waals surface area (Å²) in [6.07, 6.45) is -0.450. The first-order valence-corrected chi connectivity index (χ1v) is 14.1. The van der Waals surface area contributed by atoms with Gasteiger partial charge in [0.1, 0.15) is 35.4 Å². The molecular weight excluding hydrogens is 520 g/mol. The first kappa shape index (κ1) is 27.7. The molecule has 1 N–H and O–H groups in total. The Morgan fingerprint density at radius 1 is 1.02 bits per heavy atom. The molecule has 0 radical (unpaired) electrons. The largest absolute Gasteiger partial charge is 0.468 e. The summed E-state index contributed by atoms with van der Waals surface area (Å²) < 4.78 is 30.0. The van der Waals surface area contributed by atoms with Gasteiger partial charge >= 0.3 is 23.9 Å². The van der Waals surface area contributed by atoms with Crippen LogP contribution in [-0.4, -0.2) is 71.7 Å². The van der Waals surface area contributed by atoms with E-state index in [1.165, 1.54) is 21.0 Å². The van der Waals surface area contributed by atoms with E-state index in [0.29, 0.717) is 18.4 Å². The third-order valence-electron chi connectivity index (χ3n) is 12.3. The van der Waals surface area contributed by atoms with Crippen molar-refractivity contribution in [1.29, 1.82) is 0 Å². The van der Waals surface area contributed by atoms with Crippen LogP contribution in [0.4, 0.5) is 0 Å². The van der Waals surface area contributed by atoms with Crippen LogP contribution in [0.1, 0.15) is 74.7 Å². The van der Waals surface area contributed by atoms with E-state index in [0.717, 1.165) is 0 Å². The monoisotopic (exact) mass is 560 g/mol. The van der Waals surface area contributed by atoms with Crippen LogP contribution < -0.4 is 0 Å². The van der Waals surface area contributed by atoms with E-state index >= 15 is 0 Å². The van der Waals surface area contributed by atoms with Crippen molar-refractivity contribution in [2.75, 3.05) is 7.11 Å². The number of hydrogen-bond donors (Lipinski definition) is 1. The molecule has 2 aliphatic heterocycles. The maximum absolute atomic E-state index is 14.3. The molecule has 2 saturated heterocycles. The molecule has 10 heteroatoms. The minimum atomic E-state index is -1.64. The molecule has 6 rings (SSSR count). The van der Waals surface area contributed by atoms with E-state index in [9.17, 15) is 24.3 Å². The first-order valence-electron chi connectivity index (χ1n) is 14.1. The molecule has 11 atom stereocenters. The molecule has 3 saturated carbocycles. The van der Waals surface area contributed by atoms with Crippen molar-refractivity contribution < 1.29 is 48.0 Å². The van der Waals surface area contributed by atoms with E-state index in [1.54, 1.807) is 6.92 Å². The fourth-order valence-electron chi connectivity index (χ4n) is 11.1. The normalized spacial score (nSPS) is 52.6. The summed E-state index contributed by atoms with van der Waals surface area (Å²) >= 11 is 0. The van der Waals surface area contributed by atoms with Crippen molar-refractivity contribution in [3.05, 3.63) is 11.6 Å². The minimum absolute atomic E-state index is 0.230. The van der Waals surface area contributed by atoms with Crippen LogP contribution in [0.5, 0.6) is 0 Å². The molecule has 0 aromatic heterocycles. The van der Waals surface area contributed by atoms with Gasteiger partial charge in [0, 0.05) is 30.6 Å². The van der Waals surface area contributed by atoms with Gasteiger partial charge in [-0.05, 0) is 38.7 Å². The van der Waals surface area contributed by atoms with Gasteiger partial charge in [-0.2, -0.15) is 0 Å². The van der Waals surface area contributed by atoms with Crippen LogP contribution in [0.2, 0.25) is 0 Å². The number of esters is 4. The molecule has 6 aliphatic rings. The molecular formula is C30H40O10. The highest BCUT2D eigenvalue weighted by molar-refractivity contribution is 5.90. The lowest BCUT2D eigenvalue weighted by atomic mass is 9.34. The molecule has 10 nitrogen and oxygen atoms in total. The third-order valence-corrected chi connectivity index (χ3v) is 12.3. The van der Waals surface area contributed by atoms with Gasteiger partial charge in [-0.15, -0.1) is 0 Å². The van der Waals surface area contributed by atoms with E-state index in [4.69, 9.17) is 23.7 Å². The SMILES string of the molecule is COC(=O)[C@]12[C@H](O)[C@]3(C)O[C@](C)(C=C4[C@]56CC[C@H](OC(C)=O)C(C)(C)[C@H]5[C@@H](C[C@@]41C)OC6=O)[C@@]2(C)[C@H]3OC(C)=O. The smallest absolute Gasteiger partial charge is 0.316 e. The lowest BCUT2D eigenvalue weighted by molar-refractivity contribution is -0.280. The number of carbonyl (C=O) groups is 4. The van der Waals surface area contributed by atoms with E-state index < -0.39 is 74.6 Å². The fourth-order valence-corrected chi connectivity index (χ4v) is 11.1. The number of hydrogen-bond acceptors (Lipinski definition) is 10. The molecule has 4 aliphatic carbocycles. The van der Waals surface area contributed by atoms with Crippen molar-refractivity contribution in [2.24, 2.45) is 33.0 Å². The zero-order valence-electron chi connectivity index (χ0n) is 24.7. The van der Waals surface area contributed by atoms with Crippen LogP contribution in [-0.2, 0) is 42.9 Å².